The zero-order valence-corrected chi connectivity index (χ0v) is 13.8. The fourth-order valence-electron chi connectivity index (χ4n) is 2.53. The number of hydrogen-bond donors (Lipinski definition) is 2. The Morgan fingerprint density at radius 2 is 2.12 bits per heavy atom. The van der Waals surface area contributed by atoms with Gasteiger partial charge >= 0.3 is 0 Å². The molecule has 2 amide bonds. The molecule has 0 aromatic heterocycles. The summed E-state index contributed by atoms with van der Waals surface area (Å²) in [5.74, 6) is -0.461. The van der Waals surface area contributed by atoms with Crippen LogP contribution in [0, 0.1) is 5.82 Å². The monoisotopic (exact) mass is 344 g/mol. The average molecular weight is 344 g/mol. The maximum Gasteiger partial charge on any atom is 0.262 e. The quantitative estimate of drug-likeness (QED) is 0.894. The van der Waals surface area contributed by atoms with E-state index in [1.54, 1.807) is 31.2 Å². The highest BCUT2D eigenvalue weighted by atomic mass is 19.1. The third-order valence-electron chi connectivity index (χ3n) is 3.90. The van der Waals surface area contributed by atoms with Crippen molar-refractivity contribution in [3.8, 4) is 11.5 Å². The van der Waals surface area contributed by atoms with E-state index in [0.717, 1.165) is 0 Å². The molecule has 0 aliphatic carbocycles. The lowest BCUT2D eigenvalue weighted by atomic mass is 10.1. The number of ether oxygens (including phenoxy) is 2. The lowest BCUT2D eigenvalue weighted by Crippen LogP contribution is -2.28. The minimum Gasteiger partial charge on any atom is -0.494 e. The lowest BCUT2D eigenvalue weighted by molar-refractivity contribution is -0.118. The van der Waals surface area contributed by atoms with E-state index in [-0.39, 0.29) is 24.2 Å². The van der Waals surface area contributed by atoms with E-state index in [9.17, 15) is 14.0 Å². The van der Waals surface area contributed by atoms with Crippen molar-refractivity contribution in [3.63, 3.8) is 0 Å². The Morgan fingerprint density at radius 1 is 1.32 bits per heavy atom. The summed E-state index contributed by atoms with van der Waals surface area (Å²) in [6.45, 7) is 1.67. The second-order valence-electron chi connectivity index (χ2n) is 5.64. The zero-order chi connectivity index (χ0) is 18.0. The number of nitrogens with one attached hydrogen (secondary N) is 2. The molecular formula is C18H17FN2O4. The maximum atomic E-state index is 13.8. The van der Waals surface area contributed by atoms with Crippen LogP contribution in [0.15, 0.2) is 36.4 Å². The highest BCUT2D eigenvalue weighted by Gasteiger charge is 2.19. The summed E-state index contributed by atoms with van der Waals surface area (Å²) >= 11 is 0. The van der Waals surface area contributed by atoms with Crippen molar-refractivity contribution in [1.82, 2.24) is 5.32 Å². The van der Waals surface area contributed by atoms with Crippen molar-refractivity contribution in [2.24, 2.45) is 0 Å². The van der Waals surface area contributed by atoms with Crippen molar-refractivity contribution < 1.29 is 23.5 Å². The van der Waals surface area contributed by atoms with Crippen molar-refractivity contribution in [2.45, 2.75) is 13.0 Å². The van der Waals surface area contributed by atoms with E-state index in [4.69, 9.17) is 9.47 Å². The lowest BCUT2D eigenvalue weighted by Gasteiger charge is -2.19. The van der Waals surface area contributed by atoms with Gasteiger partial charge in [-0.3, -0.25) is 9.59 Å². The standard InChI is InChI=1S/C18H17FN2O4/c1-10(11-4-6-15(24-2)13(19)7-11)20-18(23)12-3-5-14-16(8-12)25-9-17(22)21-14/h3-8,10H,9H2,1-2H3,(H,20,23)(H,21,22)/t10-/m1/s1. The fraction of sp³-hybridized carbons (Fsp3) is 0.222. The highest BCUT2D eigenvalue weighted by molar-refractivity contribution is 5.99. The van der Waals surface area contributed by atoms with E-state index in [1.807, 2.05) is 0 Å². The molecule has 0 unspecified atom stereocenters. The summed E-state index contributed by atoms with van der Waals surface area (Å²) in [7, 11) is 1.39. The molecule has 2 aromatic rings. The predicted octanol–water partition coefficient (Wildman–Crippen LogP) is 2.66. The smallest absolute Gasteiger partial charge is 0.262 e. The molecule has 7 heteroatoms. The van der Waals surface area contributed by atoms with Crippen LogP contribution >= 0.6 is 0 Å². The van der Waals surface area contributed by atoms with Crippen LogP contribution in [0.5, 0.6) is 11.5 Å². The molecule has 3 rings (SSSR count). The van der Waals surface area contributed by atoms with E-state index in [1.165, 1.54) is 19.2 Å². The number of anilines is 1. The van der Waals surface area contributed by atoms with Gasteiger partial charge in [0.25, 0.3) is 11.8 Å². The van der Waals surface area contributed by atoms with Crippen LogP contribution in [-0.4, -0.2) is 25.5 Å². The summed E-state index contributed by atoms with van der Waals surface area (Å²) in [4.78, 5) is 23.7. The SMILES string of the molecule is COc1ccc([C@@H](C)NC(=O)c2ccc3c(c2)OCC(=O)N3)cc1F. The second-order valence-corrected chi connectivity index (χ2v) is 5.64. The molecule has 6 nitrogen and oxygen atoms in total. The molecule has 0 bridgehead atoms. The van der Waals surface area contributed by atoms with Crippen LogP contribution in [0.25, 0.3) is 0 Å². The first-order valence-electron chi connectivity index (χ1n) is 7.69. The first-order valence-corrected chi connectivity index (χ1v) is 7.69. The molecule has 0 radical (unpaired) electrons. The third kappa shape index (κ3) is 3.55. The second kappa shape index (κ2) is 6.80. The topological polar surface area (TPSA) is 76.7 Å². The molecular weight excluding hydrogens is 327 g/mol. The summed E-state index contributed by atoms with van der Waals surface area (Å²) in [6.07, 6.45) is 0. The number of carbonyl (C=O) groups is 2. The van der Waals surface area contributed by atoms with Gasteiger partial charge in [0.15, 0.2) is 18.2 Å². The van der Waals surface area contributed by atoms with Gasteiger partial charge in [-0.1, -0.05) is 6.07 Å². The summed E-state index contributed by atoms with van der Waals surface area (Å²) < 4.78 is 24.0. The first kappa shape index (κ1) is 16.8. The minimum atomic E-state index is -0.487. The highest BCUT2D eigenvalue weighted by Crippen LogP contribution is 2.29. The Morgan fingerprint density at radius 3 is 2.84 bits per heavy atom. The third-order valence-corrected chi connectivity index (χ3v) is 3.90. The number of rotatable bonds is 4. The van der Waals surface area contributed by atoms with E-state index in [2.05, 4.69) is 10.6 Å². The molecule has 1 heterocycles. The number of halogens is 1. The van der Waals surface area contributed by atoms with Gasteiger partial charge in [-0.15, -0.1) is 0 Å². The minimum absolute atomic E-state index is 0.0837. The number of carbonyl (C=O) groups excluding carboxylic acids is 2. The van der Waals surface area contributed by atoms with Gasteiger partial charge in [0.05, 0.1) is 18.8 Å². The molecule has 1 aliphatic rings. The van der Waals surface area contributed by atoms with E-state index in [0.29, 0.717) is 22.6 Å². The van der Waals surface area contributed by atoms with Crippen molar-refractivity contribution in [1.29, 1.82) is 0 Å². The van der Waals surface area contributed by atoms with Crippen LogP contribution in [0.1, 0.15) is 28.9 Å². The van der Waals surface area contributed by atoms with E-state index >= 15 is 0 Å². The van der Waals surface area contributed by atoms with Crippen LogP contribution in [0.4, 0.5) is 10.1 Å². The molecule has 0 saturated carbocycles. The van der Waals surface area contributed by atoms with Crippen molar-refractivity contribution in [2.75, 3.05) is 19.0 Å². The van der Waals surface area contributed by atoms with Gasteiger partial charge in [0.2, 0.25) is 0 Å². The summed E-state index contributed by atoms with van der Waals surface area (Å²) in [5.41, 5.74) is 1.53. The van der Waals surface area contributed by atoms with Gasteiger partial charge in [-0.25, -0.2) is 4.39 Å². The maximum absolute atomic E-state index is 13.8. The number of hydrogen-bond acceptors (Lipinski definition) is 4. The summed E-state index contributed by atoms with van der Waals surface area (Å²) in [5, 5.41) is 5.46. The van der Waals surface area contributed by atoms with Crippen molar-refractivity contribution >= 4 is 17.5 Å². The zero-order valence-electron chi connectivity index (χ0n) is 13.8. The van der Waals surface area contributed by atoms with Gasteiger partial charge in [-0.05, 0) is 42.8 Å². The number of methoxy groups -OCH3 is 1. The van der Waals surface area contributed by atoms with Gasteiger partial charge in [0.1, 0.15) is 5.75 Å². The summed E-state index contributed by atoms with van der Waals surface area (Å²) in [6, 6.07) is 8.90. The van der Waals surface area contributed by atoms with E-state index < -0.39 is 11.9 Å². The Balaban J connectivity index is 1.73. The average Bonchev–Trinajstić information content (AvgIpc) is 2.61. The molecule has 2 N–H and O–H groups in total. The molecule has 0 fully saturated rings. The molecule has 0 spiro atoms. The Hall–Kier alpha value is -3.09. The van der Waals surface area contributed by atoms with Crippen LogP contribution in [-0.2, 0) is 4.79 Å². The van der Waals surface area contributed by atoms with Crippen molar-refractivity contribution in [3.05, 3.63) is 53.3 Å². The largest absolute Gasteiger partial charge is 0.494 e. The first-order chi connectivity index (χ1) is 12.0. The molecule has 130 valence electrons. The Labute approximate surface area is 143 Å². The number of fused-ring (bicyclic) bond motifs is 1. The van der Waals surface area contributed by atoms with Gasteiger partial charge in [-0.2, -0.15) is 0 Å². The predicted molar refractivity (Wildman–Crippen MR) is 89.4 cm³/mol. The molecule has 1 atom stereocenters. The fourth-order valence-corrected chi connectivity index (χ4v) is 2.53. The van der Waals surface area contributed by atoms with Gasteiger partial charge < -0.3 is 20.1 Å². The number of amides is 2. The Kier molecular flexibility index (Phi) is 4.56. The molecule has 1 aliphatic heterocycles. The molecule has 0 saturated heterocycles. The van der Waals surface area contributed by atoms with Crippen LogP contribution < -0.4 is 20.1 Å². The Bertz CT molecular complexity index is 838. The van der Waals surface area contributed by atoms with Crippen LogP contribution in [0.3, 0.4) is 0 Å². The molecule has 25 heavy (non-hydrogen) atoms. The number of benzene rings is 2. The normalized spacial score (nSPS) is 14.0. The van der Waals surface area contributed by atoms with Crippen LogP contribution in [0.2, 0.25) is 0 Å². The molecule has 2 aromatic carbocycles. The van der Waals surface area contributed by atoms with Gasteiger partial charge in [0, 0.05) is 5.56 Å².